The number of benzene rings is 1. The van der Waals surface area contributed by atoms with Crippen molar-refractivity contribution < 1.29 is 17.9 Å². The number of ether oxygens (including phenoxy) is 1. The van der Waals surface area contributed by atoms with Gasteiger partial charge in [-0.25, -0.2) is 8.42 Å². The van der Waals surface area contributed by atoms with Crippen molar-refractivity contribution in [3.05, 3.63) is 35.7 Å². The van der Waals surface area contributed by atoms with Crippen LogP contribution in [-0.4, -0.2) is 65.3 Å². The highest BCUT2D eigenvalue weighted by atomic mass is 32.2. The van der Waals surface area contributed by atoms with Gasteiger partial charge in [0.1, 0.15) is 5.82 Å². The Bertz CT molecular complexity index is 962. The molecule has 1 saturated heterocycles. The third kappa shape index (κ3) is 4.00. The van der Waals surface area contributed by atoms with Gasteiger partial charge in [0, 0.05) is 31.6 Å². The summed E-state index contributed by atoms with van der Waals surface area (Å²) in [4.78, 5) is 12.7. The van der Waals surface area contributed by atoms with Gasteiger partial charge < -0.3 is 9.30 Å². The van der Waals surface area contributed by atoms with E-state index in [1.165, 1.54) is 28.2 Å². The molecule has 10 heteroatoms. The number of nitrogens with zero attached hydrogens (tertiary/aromatic N) is 4. The molecule has 2 fully saturated rings. The highest BCUT2D eigenvalue weighted by Gasteiger charge is 2.29. The lowest BCUT2D eigenvalue weighted by atomic mass is 10.1. The number of hydrogen-bond donors (Lipinski definition) is 0. The number of hydrogen-bond acceptors (Lipinski definition) is 7. The van der Waals surface area contributed by atoms with Crippen molar-refractivity contribution in [1.82, 2.24) is 19.1 Å². The van der Waals surface area contributed by atoms with Gasteiger partial charge in [-0.15, -0.1) is 10.2 Å². The summed E-state index contributed by atoms with van der Waals surface area (Å²) in [5.41, 5.74) is 0.484. The largest absolute Gasteiger partial charge is 0.379 e. The Morgan fingerprint density at radius 2 is 1.86 bits per heavy atom. The first kappa shape index (κ1) is 19.6. The molecule has 0 unspecified atom stereocenters. The van der Waals surface area contributed by atoms with Crippen LogP contribution in [0, 0.1) is 0 Å². The number of ketones is 1. The van der Waals surface area contributed by atoms with Crippen molar-refractivity contribution in [2.45, 2.75) is 28.8 Å². The molecule has 2 aliphatic rings. The van der Waals surface area contributed by atoms with E-state index in [0.717, 1.165) is 23.8 Å². The lowest BCUT2D eigenvalue weighted by Gasteiger charge is -2.26. The van der Waals surface area contributed by atoms with E-state index in [0.29, 0.717) is 37.8 Å². The van der Waals surface area contributed by atoms with Gasteiger partial charge >= 0.3 is 0 Å². The van der Waals surface area contributed by atoms with Crippen LogP contribution in [0.4, 0.5) is 0 Å². The van der Waals surface area contributed by atoms with Crippen LogP contribution in [0.15, 0.2) is 34.3 Å². The third-order valence-electron chi connectivity index (χ3n) is 4.93. The van der Waals surface area contributed by atoms with Crippen LogP contribution in [0.1, 0.15) is 34.9 Å². The summed E-state index contributed by atoms with van der Waals surface area (Å²) in [7, 11) is -1.63. The maximum Gasteiger partial charge on any atom is 0.243 e. The fraction of sp³-hybridized carbons (Fsp3) is 0.500. The second-order valence-electron chi connectivity index (χ2n) is 6.93. The Morgan fingerprint density at radius 1 is 1.18 bits per heavy atom. The summed E-state index contributed by atoms with van der Waals surface area (Å²) < 4.78 is 33.9. The molecule has 28 heavy (non-hydrogen) atoms. The Balaban J connectivity index is 1.40. The monoisotopic (exact) mass is 422 g/mol. The van der Waals surface area contributed by atoms with Crippen LogP contribution in [0.5, 0.6) is 0 Å². The van der Waals surface area contributed by atoms with E-state index in [9.17, 15) is 13.2 Å². The minimum absolute atomic E-state index is 0.0729. The summed E-state index contributed by atoms with van der Waals surface area (Å²) >= 11 is 1.35. The quantitative estimate of drug-likeness (QED) is 0.495. The fourth-order valence-corrected chi connectivity index (χ4v) is 5.33. The first-order valence-corrected chi connectivity index (χ1v) is 11.6. The lowest BCUT2D eigenvalue weighted by molar-refractivity contribution is 0.0730. The highest BCUT2D eigenvalue weighted by Crippen LogP contribution is 2.39. The number of carbonyl (C=O) groups is 1. The minimum Gasteiger partial charge on any atom is -0.379 e. The van der Waals surface area contributed by atoms with E-state index in [-0.39, 0.29) is 16.4 Å². The number of sulfonamides is 1. The third-order valence-corrected chi connectivity index (χ3v) is 7.86. The average Bonchev–Trinajstić information content (AvgIpc) is 3.50. The van der Waals surface area contributed by atoms with E-state index < -0.39 is 10.0 Å². The van der Waals surface area contributed by atoms with Crippen molar-refractivity contribution in [3.63, 3.8) is 0 Å². The standard InChI is InChI=1S/C18H22N4O4S2/c1-21-17(14-2-3-14)19-20-18(21)27-12-16(23)13-4-6-15(7-5-13)28(24,25)22-8-10-26-11-9-22/h4-7,14H,2-3,8-12H2,1H3. The van der Waals surface area contributed by atoms with E-state index >= 15 is 0 Å². The Hall–Kier alpha value is -1.75. The molecule has 150 valence electrons. The van der Waals surface area contributed by atoms with Crippen LogP contribution >= 0.6 is 11.8 Å². The maximum absolute atomic E-state index is 12.6. The van der Waals surface area contributed by atoms with E-state index in [1.807, 2.05) is 11.6 Å². The normalized spacial score (nSPS) is 18.3. The van der Waals surface area contributed by atoms with Gasteiger partial charge in [-0.2, -0.15) is 4.31 Å². The van der Waals surface area contributed by atoms with Crippen LogP contribution < -0.4 is 0 Å². The van der Waals surface area contributed by atoms with Gasteiger partial charge in [-0.05, 0) is 25.0 Å². The number of carbonyl (C=O) groups excluding carboxylic acids is 1. The van der Waals surface area contributed by atoms with Crippen LogP contribution in [0.25, 0.3) is 0 Å². The van der Waals surface area contributed by atoms with Gasteiger partial charge in [-0.3, -0.25) is 4.79 Å². The van der Waals surface area contributed by atoms with Gasteiger partial charge in [0.15, 0.2) is 10.9 Å². The fourth-order valence-electron chi connectivity index (χ4n) is 3.11. The lowest BCUT2D eigenvalue weighted by Crippen LogP contribution is -2.40. The van der Waals surface area contributed by atoms with E-state index in [1.54, 1.807) is 12.1 Å². The van der Waals surface area contributed by atoms with Gasteiger partial charge in [0.2, 0.25) is 10.0 Å². The molecule has 0 atom stereocenters. The van der Waals surface area contributed by atoms with E-state index in [4.69, 9.17) is 4.74 Å². The van der Waals surface area contributed by atoms with E-state index in [2.05, 4.69) is 10.2 Å². The van der Waals surface area contributed by atoms with Crippen molar-refractivity contribution >= 4 is 27.6 Å². The molecule has 1 aliphatic carbocycles. The molecule has 8 nitrogen and oxygen atoms in total. The predicted molar refractivity (Wildman–Crippen MR) is 104 cm³/mol. The minimum atomic E-state index is -3.55. The first-order chi connectivity index (χ1) is 13.5. The smallest absolute Gasteiger partial charge is 0.243 e. The van der Waals surface area contributed by atoms with Crippen LogP contribution in [0.3, 0.4) is 0 Å². The van der Waals surface area contributed by atoms with Crippen molar-refractivity contribution in [3.8, 4) is 0 Å². The summed E-state index contributed by atoms with van der Waals surface area (Å²) in [5, 5.41) is 9.11. The van der Waals surface area contributed by atoms with Crippen molar-refractivity contribution in [2.75, 3.05) is 32.1 Å². The molecule has 0 spiro atoms. The summed E-state index contributed by atoms with van der Waals surface area (Å²) in [5.74, 6) is 1.64. The number of rotatable bonds is 7. The SMILES string of the molecule is Cn1c(SCC(=O)c2ccc(S(=O)(=O)N3CCOCC3)cc2)nnc1C1CC1. The zero-order valence-corrected chi connectivity index (χ0v) is 17.2. The first-order valence-electron chi connectivity index (χ1n) is 9.20. The van der Waals surface area contributed by atoms with Gasteiger partial charge in [0.25, 0.3) is 0 Å². The van der Waals surface area contributed by atoms with Crippen molar-refractivity contribution in [2.24, 2.45) is 7.05 Å². The summed E-state index contributed by atoms with van der Waals surface area (Å²) in [6.45, 7) is 1.50. The molecule has 1 saturated carbocycles. The molecule has 2 aromatic rings. The molecule has 0 amide bonds. The second-order valence-corrected chi connectivity index (χ2v) is 9.81. The number of morpholine rings is 1. The number of thioether (sulfide) groups is 1. The average molecular weight is 423 g/mol. The molecule has 1 aromatic heterocycles. The van der Waals surface area contributed by atoms with Crippen molar-refractivity contribution in [1.29, 1.82) is 0 Å². The number of aromatic nitrogens is 3. The second kappa shape index (κ2) is 7.94. The molecule has 0 bridgehead atoms. The topological polar surface area (TPSA) is 94.4 Å². The molecule has 2 heterocycles. The van der Waals surface area contributed by atoms with Crippen LogP contribution in [0.2, 0.25) is 0 Å². The molecule has 1 aliphatic heterocycles. The van der Waals surface area contributed by atoms with Gasteiger partial charge in [-0.1, -0.05) is 23.9 Å². The molecule has 0 radical (unpaired) electrons. The maximum atomic E-state index is 12.6. The van der Waals surface area contributed by atoms with Gasteiger partial charge in [0.05, 0.1) is 23.9 Å². The molecule has 4 rings (SSSR count). The predicted octanol–water partition coefficient (Wildman–Crippen LogP) is 1.69. The summed E-state index contributed by atoms with van der Waals surface area (Å²) in [6, 6.07) is 6.14. The number of Topliss-reactive ketones (excluding diaryl/α,β-unsaturated/α-hetero) is 1. The molecular formula is C18H22N4O4S2. The molecule has 0 N–H and O–H groups in total. The zero-order valence-electron chi connectivity index (χ0n) is 15.6. The molecule has 1 aromatic carbocycles. The molecular weight excluding hydrogens is 400 g/mol. The van der Waals surface area contributed by atoms with Crippen LogP contribution in [-0.2, 0) is 21.8 Å². The highest BCUT2D eigenvalue weighted by molar-refractivity contribution is 7.99. The zero-order chi connectivity index (χ0) is 19.7. The Labute approximate surface area is 168 Å². The summed E-state index contributed by atoms with van der Waals surface area (Å²) in [6.07, 6.45) is 2.30. The Kier molecular flexibility index (Phi) is 5.55. The Morgan fingerprint density at radius 3 is 2.50 bits per heavy atom.